The Labute approximate surface area is 123 Å². The van der Waals surface area contributed by atoms with E-state index in [0.29, 0.717) is 6.04 Å². The zero-order valence-electron chi connectivity index (χ0n) is 11.7. The Balaban J connectivity index is 1.72. The van der Waals surface area contributed by atoms with Gasteiger partial charge >= 0.3 is 0 Å². The highest BCUT2D eigenvalue weighted by atomic mass is 32.2. The van der Waals surface area contributed by atoms with Crippen molar-refractivity contribution in [2.24, 2.45) is 0 Å². The van der Waals surface area contributed by atoms with E-state index >= 15 is 0 Å². The fraction of sp³-hybridized carbons (Fsp3) is 0.846. The van der Waals surface area contributed by atoms with Crippen molar-refractivity contribution in [1.29, 1.82) is 0 Å². The lowest BCUT2D eigenvalue weighted by Crippen LogP contribution is -2.49. The Hall–Kier alpha value is -0.170. The van der Waals surface area contributed by atoms with Crippen LogP contribution in [0.1, 0.15) is 44.0 Å². The molecule has 1 aromatic heterocycles. The van der Waals surface area contributed by atoms with Crippen LogP contribution in [0.3, 0.4) is 0 Å². The van der Waals surface area contributed by atoms with Gasteiger partial charge in [-0.3, -0.25) is 0 Å². The van der Waals surface area contributed by atoms with Gasteiger partial charge in [0.15, 0.2) is 4.34 Å². The second kappa shape index (κ2) is 7.02. The third kappa shape index (κ3) is 4.70. The molecule has 0 amide bonds. The molecule has 1 aromatic rings. The van der Waals surface area contributed by atoms with Crippen LogP contribution >= 0.6 is 23.1 Å². The highest BCUT2D eigenvalue weighted by molar-refractivity contribution is 8.01. The van der Waals surface area contributed by atoms with Gasteiger partial charge in [-0.2, -0.15) is 0 Å². The number of nitrogens with zero attached hydrogens (tertiary/aromatic N) is 2. The van der Waals surface area contributed by atoms with Gasteiger partial charge in [0, 0.05) is 17.3 Å². The van der Waals surface area contributed by atoms with Gasteiger partial charge in [-0.1, -0.05) is 30.0 Å². The summed E-state index contributed by atoms with van der Waals surface area (Å²) in [6, 6.07) is 0.644. The largest absolute Gasteiger partial charge is 0.394 e. The van der Waals surface area contributed by atoms with Crippen molar-refractivity contribution >= 4 is 23.1 Å². The number of hydrogen-bond acceptors (Lipinski definition) is 6. The Morgan fingerprint density at radius 2 is 2.26 bits per heavy atom. The number of aliphatic hydroxyl groups is 1. The van der Waals surface area contributed by atoms with Crippen molar-refractivity contribution in [2.75, 3.05) is 12.4 Å². The Bertz CT molecular complexity index is 389. The topological polar surface area (TPSA) is 58.0 Å². The van der Waals surface area contributed by atoms with Gasteiger partial charge in [0.25, 0.3) is 0 Å². The van der Waals surface area contributed by atoms with Gasteiger partial charge in [0.05, 0.1) is 6.61 Å². The van der Waals surface area contributed by atoms with Crippen LogP contribution in [0.4, 0.5) is 0 Å². The van der Waals surface area contributed by atoms with E-state index in [2.05, 4.69) is 22.4 Å². The number of hydrogen-bond donors (Lipinski definition) is 2. The SMILES string of the molecule is CCC(CO)(CCCSc1nnc(C)s1)NC1CC1. The van der Waals surface area contributed by atoms with Crippen molar-refractivity contribution in [1.82, 2.24) is 15.5 Å². The van der Waals surface area contributed by atoms with E-state index in [1.165, 1.54) is 12.8 Å². The molecule has 0 bridgehead atoms. The minimum atomic E-state index is -0.0707. The highest BCUT2D eigenvalue weighted by Gasteiger charge is 2.33. The number of nitrogens with one attached hydrogen (secondary N) is 1. The predicted octanol–water partition coefficient (Wildman–Crippen LogP) is 2.61. The zero-order valence-corrected chi connectivity index (χ0v) is 13.3. The first-order valence-corrected chi connectivity index (χ1v) is 8.79. The lowest BCUT2D eigenvalue weighted by molar-refractivity contribution is 0.144. The Kier molecular flexibility index (Phi) is 5.62. The van der Waals surface area contributed by atoms with Crippen LogP contribution in [0.15, 0.2) is 4.34 Å². The van der Waals surface area contributed by atoms with Crippen LogP contribution in [0.25, 0.3) is 0 Å². The number of aromatic nitrogens is 2. The first-order valence-electron chi connectivity index (χ1n) is 6.99. The molecular weight excluding hydrogens is 278 g/mol. The van der Waals surface area contributed by atoms with Crippen LogP contribution in [0.2, 0.25) is 0 Å². The van der Waals surface area contributed by atoms with Gasteiger partial charge < -0.3 is 10.4 Å². The average molecular weight is 301 g/mol. The normalized spacial score (nSPS) is 18.5. The molecule has 1 heterocycles. The maximum absolute atomic E-state index is 9.68. The van der Waals surface area contributed by atoms with E-state index in [4.69, 9.17) is 0 Å². The maximum Gasteiger partial charge on any atom is 0.174 e. The summed E-state index contributed by atoms with van der Waals surface area (Å²) in [6.45, 7) is 4.38. The van der Waals surface area contributed by atoms with Crippen molar-refractivity contribution in [3.63, 3.8) is 0 Å². The molecule has 1 atom stereocenters. The molecule has 2 N–H and O–H groups in total. The second-order valence-corrected chi connectivity index (χ2v) is 7.77. The summed E-state index contributed by atoms with van der Waals surface area (Å²) >= 11 is 3.43. The first-order chi connectivity index (χ1) is 9.17. The van der Waals surface area contributed by atoms with Crippen LogP contribution in [0.5, 0.6) is 0 Å². The molecule has 1 aliphatic carbocycles. The summed E-state index contributed by atoms with van der Waals surface area (Å²) in [7, 11) is 0. The van der Waals surface area contributed by atoms with E-state index in [1.54, 1.807) is 23.1 Å². The summed E-state index contributed by atoms with van der Waals surface area (Å²) in [5.74, 6) is 1.04. The summed E-state index contributed by atoms with van der Waals surface area (Å²) in [5.41, 5.74) is -0.0707. The molecular formula is C13H23N3OS2. The minimum Gasteiger partial charge on any atom is -0.394 e. The van der Waals surface area contributed by atoms with Crippen molar-refractivity contribution in [3.8, 4) is 0 Å². The van der Waals surface area contributed by atoms with E-state index in [1.807, 2.05) is 6.92 Å². The minimum absolute atomic E-state index is 0.0707. The standard InChI is InChI=1S/C13H23N3OS2/c1-3-13(9-17,14-11-5-6-11)7-4-8-18-12-16-15-10(2)19-12/h11,14,17H,3-9H2,1-2H3. The fourth-order valence-corrected chi connectivity index (χ4v) is 3.98. The van der Waals surface area contributed by atoms with Crippen molar-refractivity contribution < 1.29 is 5.11 Å². The highest BCUT2D eigenvalue weighted by Crippen LogP contribution is 2.28. The van der Waals surface area contributed by atoms with E-state index in [0.717, 1.165) is 34.4 Å². The number of aliphatic hydroxyl groups excluding tert-OH is 1. The third-order valence-electron chi connectivity index (χ3n) is 3.60. The Morgan fingerprint density at radius 3 is 2.79 bits per heavy atom. The van der Waals surface area contributed by atoms with Crippen LogP contribution in [-0.4, -0.2) is 39.2 Å². The molecule has 0 aromatic carbocycles. The Morgan fingerprint density at radius 1 is 1.47 bits per heavy atom. The molecule has 6 heteroatoms. The number of aryl methyl sites for hydroxylation is 1. The van der Waals surface area contributed by atoms with Crippen molar-refractivity contribution in [2.45, 2.75) is 61.9 Å². The van der Waals surface area contributed by atoms with E-state index < -0.39 is 0 Å². The molecule has 0 spiro atoms. The monoisotopic (exact) mass is 301 g/mol. The molecule has 1 fully saturated rings. The van der Waals surface area contributed by atoms with Gasteiger partial charge in [-0.05, 0) is 39.0 Å². The maximum atomic E-state index is 9.68. The molecule has 2 rings (SSSR count). The summed E-state index contributed by atoms with van der Waals surface area (Å²) < 4.78 is 1.05. The summed E-state index contributed by atoms with van der Waals surface area (Å²) in [6.07, 6.45) is 5.64. The predicted molar refractivity (Wildman–Crippen MR) is 80.9 cm³/mol. The summed E-state index contributed by atoms with van der Waals surface area (Å²) in [5, 5.41) is 22.5. The average Bonchev–Trinajstić information content (AvgIpc) is 3.14. The molecule has 4 nitrogen and oxygen atoms in total. The van der Waals surface area contributed by atoms with E-state index in [9.17, 15) is 5.11 Å². The molecule has 1 aliphatic rings. The lowest BCUT2D eigenvalue weighted by Gasteiger charge is -2.32. The lowest BCUT2D eigenvalue weighted by atomic mass is 9.91. The van der Waals surface area contributed by atoms with Gasteiger partial charge in [0.1, 0.15) is 5.01 Å². The summed E-state index contributed by atoms with van der Waals surface area (Å²) in [4.78, 5) is 0. The fourth-order valence-electron chi connectivity index (χ4n) is 2.15. The molecule has 0 aliphatic heterocycles. The third-order valence-corrected chi connectivity index (χ3v) is 5.66. The number of thioether (sulfide) groups is 1. The molecule has 0 radical (unpaired) electrons. The molecule has 0 saturated heterocycles. The molecule has 1 unspecified atom stereocenters. The molecule has 1 saturated carbocycles. The second-order valence-electron chi connectivity index (χ2n) is 5.25. The van der Waals surface area contributed by atoms with Gasteiger partial charge in [0.2, 0.25) is 0 Å². The quantitative estimate of drug-likeness (QED) is 0.542. The van der Waals surface area contributed by atoms with Crippen LogP contribution in [0, 0.1) is 6.92 Å². The van der Waals surface area contributed by atoms with Crippen LogP contribution < -0.4 is 5.32 Å². The van der Waals surface area contributed by atoms with Crippen molar-refractivity contribution in [3.05, 3.63) is 5.01 Å². The smallest absolute Gasteiger partial charge is 0.174 e. The zero-order chi connectivity index (χ0) is 13.7. The molecule has 19 heavy (non-hydrogen) atoms. The first kappa shape index (κ1) is 15.2. The molecule has 108 valence electrons. The van der Waals surface area contributed by atoms with Crippen LogP contribution in [-0.2, 0) is 0 Å². The number of rotatable bonds is 9. The van der Waals surface area contributed by atoms with Gasteiger partial charge in [-0.25, -0.2) is 0 Å². The van der Waals surface area contributed by atoms with Gasteiger partial charge in [-0.15, -0.1) is 10.2 Å². The van der Waals surface area contributed by atoms with E-state index in [-0.39, 0.29) is 12.1 Å².